The van der Waals surface area contributed by atoms with Gasteiger partial charge in [0.15, 0.2) is 0 Å². The minimum Gasteiger partial charge on any atom is -0.358 e. The quantitative estimate of drug-likeness (QED) is 0.856. The van der Waals surface area contributed by atoms with Gasteiger partial charge in [0.25, 0.3) is 0 Å². The van der Waals surface area contributed by atoms with Crippen molar-refractivity contribution >= 4 is 5.82 Å². The summed E-state index contributed by atoms with van der Waals surface area (Å²) in [6, 6.07) is 1.51. The standard InChI is InChI=1S/C14H21F3N4/c1-20(10-11-21-8-4-2-3-5-9-21)12-6-7-18-13(19-12)14(15,16)17/h6-7H,2-5,8-11H2,1H3. The lowest BCUT2D eigenvalue weighted by Gasteiger charge is -2.24. The molecule has 0 bridgehead atoms. The van der Waals surface area contributed by atoms with Crippen LogP contribution in [0.3, 0.4) is 0 Å². The molecule has 21 heavy (non-hydrogen) atoms. The predicted molar refractivity (Wildman–Crippen MR) is 75.2 cm³/mol. The molecule has 0 saturated carbocycles. The molecule has 0 N–H and O–H groups in total. The van der Waals surface area contributed by atoms with Crippen molar-refractivity contribution in [2.75, 3.05) is 38.1 Å². The summed E-state index contributed by atoms with van der Waals surface area (Å²) >= 11 is 0. The highest BCUT2D eigenvalue weighted by Gasteiger charge is 2.34. The lowest BCUT2D eigenvalue weighted by atomic mass is 10.2. The molecule has 4 nitrogen and oxygen atoms in total. The van der Waals surface area contributed by atoms with Crippen LogP contribution in [0.2, 0.25) is 0 Å². The number of hydrogen-bond donors (Lipinski definition) is 0. The molecule has 7 heteroatoms. The Morgan fingerprint density at radius 1 is 1.19 bits per heavy atom. The van der Waals surface area contributed by atoms with Gasteiger partial charge in [0, 0.05) is 26.3 Å². The third kappa shape index (κ3) is 4.84. The minimum atomic E-state index is -4.50. The van der Waals surface area contributed by atoms with Crippen LogP contribution in [0, 0.1) is 0 Å². The topological polar surface area (TPSA) is 32.3 Å². The smallest absolute Gasteiger partial charge is 0.358 e. The minimum absolute atomic E-state index is 0.312. The lowest BCUT2D eigenvalue weighted by Crippen LogP contribution is -2.34. The summed E-state index contributed by atoms with van der Waals surface area (Å²) in [5.41, 5.74) is 0. The average Bonchev–Trinajstić information content (AvgIpc) is 2.72. The summed E-state index contributed by atoms with van der Waals surface area (Å²) in [6.45, 7) is 3.66. The van der Waals surface area contributed by atoms with Crippen LogP contribution in [0.4, 0.5) is 19.0 Å². The Morgan fingerprint density at radius 2 is 1.86 bits per heavy atom. The highest BCUT2D eigenvalue weighted by Crippen LogP contribution is 2.26. The van der Waals surface area contributed by atoms with Crippen LogP contribution < -0.4 is 4.90 Å². The summed E-state index contributed by atoms with van der Waals surface area (Å²) in [4.78, 5) is 11.0. The number of alkyl halides is 3. The number of likely N-dealkylation sites (tertiary alicyclic amines) is 1. The van der Waals surface area contributed by atoms with Gasteiger partial charge in [-0.25, -0.2) is 9.97 Å². The first-order chi connectivity index (χ1) is 9.97. The molecule has 2 heterocycles. The van der Waals surface area contributed by atoms with Gasteiger partial charge in [-0.3, -0.25) is 0 Å². The van der Waals surface area contributed by atoms with E-state index in [0.717, 1.165) is 25.8 Å². The molecule has 0 atom stereocenters. The first kappa shape index (κ1) is 16.0. The zero-order valence-electron chi connectivity index (χ0n) is 12.2. The first-order valence-electron chi connectivity index (χ1n) is 7.30. The molecule has 0 aliphatic carbocycles. The third-order valence-electron chi connectivity index (χ3n) is 3.74. The van der Waals surface area contributed by atoms with Gasteiger partial charge in [-0.1, -0.05) is 12.8 Å². The number of anilines is 1. The van der Waals surface area contributed by atoms with Crippen LogP contribution in [0.5, 0.6) is 0 Å². The molecule has 0 spiro atoms. The SMILES string of the molecule is CN(CCN1CCCCCC1)c1ccnc(C(F)(F)F)n1. The maximum Gasteiger partial charge on any atom is 0.451 e. The molecule has 1 aromatic heterocycles. The van der Waals surface area contributed by atoms with Gasteiger partial charge in [0.1, 0.15) is 5.82 Å². The third-order valence-corrected chi connectivity index (χ3v) is 3.74. The summed E-state index contributed by atoms with van der Waals surface area (Å²) in [6.07, 6.45) is 1.61. The van der Waals surface area contributed by atoms with Crippen LogP contribution in [-0.4, -0.2) is 48.1 Å². The molecule has 1 aromatic rings. The van der Waals surface area contributed by atoms with E-state index in [1.54, 1.807) is 11.9 Å². The summed E-state index contributed by atoms with van der Waals surface area (Å²) in [5.74, 6) is -0.770. The molecular formula is C14H21F3N4. The highest BCUT2D eigenvalue weighted by atomic mass is 19.4. The number of likely N-dealkylation sites (N-methyl/N-ethyl adjacent to an activating group) is 1. The van der Waals surface area contributed by atoms with Gasteiger partial charge in [-0.15, -0.1) is 0 Å². The first-order valence-corrected chi connectivity index (χ1v) is 7.30. The van der Waals surface area contributed by atoms with Gasteiger partial charge in [-0.2, -0.15) is 13.2 Å². The average molecular weight is 302 g/mol. The van der Waals surface area contributed by atoms with E-state index in [9.17, 15) is 13.2 Å². The Bertz CT molecular complexity index is 442. The second-order valence-electron chi connectivity index (χ2n) is 5.41. The van der Waals surface area contributed by atoms with E-state index in [2.05, 4.69) is 14.9 Å². The Morgan fingerprint density at radius 3 is 2.48 bits per heavy atom. The monoisotopic (exact) mass is 302 g/mol. The van der Waals surface area contributed by atoms with Gasteiger partial charge in [0.05, 0.1) is 0 Å². The van der Waals surface area contributed by atoms with E-state index in [-0.39, 0.29) is 0 Å². The van der Waals surface area contributed by atoms with E-state index in [1.165, 1.54) is 31.7 Å². The maximum absolute atomic E-state index is 12.6. The molecule has 2 rings (SSSR count). The van der Waals surface area contributed by atoms with Crippen molar-refractivity contribution in [2.24, 2.45) is 0 Å². The van der Waals surface area contributed by atoms with Gasteiger partial charge in [-0.05, 0) is 32.0 Å². The fourth-order valence-corrected chi connectivity index (χ4v) is 2.46. The van der Waals surface area contributed by atoms with Crippen LogP contribution in [0.15, 0.2) is 12.3 Å². The predicted octanol–water partition coefficient (Wildman–Crippen LogP) is 2.81. The van der Waals surface area contributed by atoms with Crippen molar-refractivity contribution in [3.05, 3.63) is 18.1 Å². The molecule has 0 aromatic carbocycles. The number of aromatic nitrogens is 2. The van der Waals surface area contributed by atoms with Crippen LogP contribution in [0.25, 0.3) is 0 Å². The molecule has 1 saturated heterocycles. The number of nitrogens with zero attached hydrogens (tertiary/aromatic N) is 4. The fourth-order valence-electron chi connectivity index (χ4n) is 2.46. The van der Waals surface area contributed by atoms with Crippen molar-refractivity contribution in [3.8, 4) is 0 Å². The number of halogens is 3. The van der Waals surface area contributed by atoms with Gasteiger partial charge < -0.3 is 9.80 Å². The van der Waals surface area contributed by atoms with E-state index >= 15 is 0 Å². The molecule has 0 unspecified atom stereocenters. The van der Waals surface area contributed by atoms with Crippen LogP contribution in [-0.2, 0) is 6.18 Å². The second-order valence-corrected chi connectivity index (χ2v) is 5.41. The summed E-state index contributed by atoms with van der Waals surface area (Å²) < 4.78 is 37.8. The second kappa shape index (κ2) is 7.06. The Balaban J connectivity index is 1.92. The van der Waals surface area contributed by atoms with E-state index < -0.39 is 12.0 Å². The Hall–Kier alpha value is -1.37. The molecule has 1 aliphatic heterocycles. The normalized spacial score (nSPS) is 17.5. The molecule has 0 amide bonds. The van der Waals surface area contributed by atoms with E-state index in [4.69, 9.17) is 0 Å². The van der Waals surface area contributed by atoms with Crippen molar-refractivity contribution in [1.82, 2.24) is 14.9 Å². The molecule has 1 fully saturated rings. The van der Waals surface area contributed by atoms with Crippen LogP contribution >= 0.6 is 0 Å². The van der Waals surface area contributed by atoms with Gasteiger partial charge in [0.2, 0.25) is 5.82 Å². The number of rotatable bonds is 4. The molecule has 1 aliphatic rings. The fraction of sp³-hybridized carbons (Fsp3) is 0.714. The maximum atomic E-state index is 12.6. The Labute approximate surface area is 123 Å². The number of hydrogen-bond acceptors (Lipinski definition) is 4. The molecular weight excluding hydrogens is 281 g/mol. The zero-order chi connectivity index (χ0) is 15.3. The van der Waals surface area contributed by atoms with Crippen molar-refractivity contribution in [1.29, 1.82) is 0 Å². The summed E-state index contributed by atoms with van der Waals surface area (Å²) in [5, 5.41) is 0. The van der Waals surface area contributed by atoms with Crippen molar-refractivity contribution < 1.29 is 13.2 Å². The van der Waals surface area contributed by atoms with Crippen molar-refractivity contribution in [2.45, 2.75) is 31.9 Å². The van der Waals surface area contributed by atoms with E-state index in [1.807, 2.05) is 0 Å². The largest absolute Gasteiger partial charge is 0.451 e. The van der Waals surface area contributed by atoms with E-state index in [0.29, 0.717) is 12.4 Å². The lowest BCUT2D eigenvalue weighted by molar-refractivity contribution is -0.144. The molecule has 118 valence electrons. The highest BCUT2D eigenvalue weighted by molar-refractivity contribution is 5.36. The molecule has 0 radical (unpaired) electrons. The Kier molecular flexibility index (Phi) is 5.39. The van der Waals surface area contributed by atoms with Gasteiger partial charge >= 0.3 is 6.18 Å². The summed E-state index contributed by atoms with van der Waals surface area (Å²) in [7, 11) is 1.76. The van der Waals surface area contributed by atoms with Crippen molar-refractivity contribution in [3.63, 3.8) is 0 Å². The zero-order valence-corrected chi connectivity index (χ0v) is 12.2. The van der Waals surface area contributed by atoms with Crippen LogP contribution in [0.1, 0.15) is 31.5 Å².